The first-order chi connectivity index (χ1) is 6.11. The Balaban J connectivity index is 2.99. The molecular weight excluding hydrogens is 168 g/mol. The second kappa shape index (κ2) is 2.29. The van der Waals surface area contributed by atoms with Crippen LogP contribution >= 0.6 is 0 Å². The number of anilines is 1. The van der Waals surface area contributed by atoms with Gasteiger partial charge in [-0.25, -0.2) is 0 Å². The van der Waals surface area contributed by atoms with Crippen molar-refractivity contribution in [1.82, 2.24) is 9.89 Å². The van der Waals surface area contributed by atoms with Gasteiger partial charge in [-0.05, 0) is 18.6 Å². The zero-order valence-electron chi connectivity index (χ0n) is 7.15. The molecule has 0 amide bonds. The van der Waals surface area contributed by atoms with Crippen molar-refractivity contribution in [2.75, 3.05) is 11.6 Å². The normalized spacial score (nSPS) is 10.8. The number of fused-ring (bicyclic) bond motifs is 1. The molecule has 1 aromatic heterocycles. The van der Waals surface area contributed by atoms with Gasteiger partial charge in [0.2, 0.25) is 0 Å². The summed E-state index contributed by atoms with van der Waals surface area (Å²) in [6, 6.07) is 1.67. The van der Waals surface area contributed by atoms with Crippen LogP contribution in [-0.2, 0) is 0 Å². The van der Waals surface area contributed by atoms with E-state index in [-0.39, 0.29) is 5.75 Å². The first-order valence-corrected chi connectivity index (χ1v) is 3.82. The van der Waals surface area contributed by atoms with E-state index in [9.17, 15) is 5.11 Å². The maximum absolute atomic E-state index is 9.63. The molecule has 5 nitrogen and oxygen atoms in total. The minimum absolute atomic E-state index is 0.181. The van der Waals surface area contributed by atoms with Crippen LogP contribution < -0.4 is 11.6 Å². The number of nitrogen functional groups attached to an aromatic ring is 2. The summed E-state index contributed by atoms with van der Waals surface area (Å²) in [5, 5.41) is 14.0. The molecule has 0 atom stereocenters. The number of aromatic nitrogens is 2. The molecule has 0 radical (unpaired) electrons. The number of aromatic hydroxyl groups is 1. The van der Waals surface area contributed by atoms with Crippen molar-refractivity contribution in [2.45, 2.75) is 6.92 Å². The highest BCUT2D eigenvalue weighted by molar-refractivity contribution is 5.95. The first-order valence-electron chi connectivity index (χ1n) is 3.82. The van der Waals surface area contributed by atoms with Gasteiger partial charge in [0.25, 0.3) is 0 Å². The van der Waals surface area contributed by atoms with Crippen LogP contribution in [-0.4, -0.2) is 15.0 Å². The number of benzene rings is 1. The molecule has 0 aliphatic rings. The van der Waals surface area contributed by atoms with Gasteiger partial charge in [-0.3, -0.25) is 0 Å². The van der Waals surface area contributed by atoms with Gasteiger partial charge in [0, 0.05) is 0 Å². The number of aryl methyl sites for hydroxylation is 1. The summed E-state index contributed by atoms with van der Waals surface area (Å²) < 4.78 is 0. The highest BCUT2D eigenvalue weighted by Crippen LogP contribution is 2.31. The Morgan fingerprint density at radius 2 is 2.23 bits per heavy atom. The van der Waals surface area contributed by atoms with E-state index >= 15 is 0 Å². The molecule has 1 aromatic carbocycles. The van der Waals surface area contributed by atoms with E-state index in [0.717, 1.165) is 10.4 Å². The molecule has 1 heterocycles. The molecule has 0 aliphatic heterocycles. The second-order valence-corrected chi connectivity index (χ2v) is 2.98. The van der Waals surface area contributed by atoms with Gasteiger partial charge in [-0.15, -0.1) is 0 Å². The van der Waals surface area contributed by atoms with E-state index in [1.807, 2.05) is 0 Å². The summed E-state index contributed by atoms with van der Waals surface area (Å²) in [6.07, 6.45) is 1.49. The van der Waals surface area contributed by atoms with Crippen molar-refractivity contribution in [2.24, 2.45) is 0 Å². The molecule has 2 aromatic rings. The fraction of sp³-hybridized carbons (Fsp3) is 0.125. The molecule has 0 bridgehead atoms. The third-order valence-corrected chi connectivity index (χ3v) is 2.07. The van der Waals surface area contributed by atoms with Gasteiger partial charge < -0.3 is 16.7 Å². The Morgan fingerprint density at radius 3 is 2.92 bits per heavy atom. The molecule has 68 valence electrons. The predicted octanol–water partition coefficient (Wildman–Crippen LogP) is 0.346. The van der Waals surface area contributed by atoms with Crippen LogP contribution in [0, 0.1) is 6.92 Å². The smallest absolute Gasteiger partial charge is 0.129 e. The standard InChI is InChI=1S/C8H10N4O/c1-4-2-6(9)7-5(8(4)13)3-11-12(7)10/h2-3,13H,9-10H2,1H3. The average Bonchev–Trinajstić information content (AvgIpc) is 2.44. The van der Waals surface area contributed by atoms with Crippen LogP contribution in [0.2, 0.25) is 0 Å². The van der Waals surface area contributed by atoms with Crippen molar-refractivity contribution in [3.05, 3.63) is 17.8 Å². The Hall–Kier alpha value is -1.91. The van der Waals surface area contributed by atoms with Crippen molar-refractivity contribution in [3.8, 4) is 5.75 Å². The Bertz CT molecular complexity index is 474. The van der Waals surface area contributed by atoms with E-state index in [1.54, 1.807) is 13.0 Å². The topological polar surface area (TPSA) is 90.1 Å². The monoisotopic (exact) mass is 178 g/mol. The molecule has 0 unspecified atom stereocenters. The molecule has 13 heavy (non-hydrogen) atoms. The number of nitrogens with two attached hydrogens (primary N) is 2. The number of phenols is 1. The lowest BCUT2D eigenvalue weighted by atomic mass is 10.1. The van der Waals surface area contributed by atoms with Gasteiger partial charge in [-0.2, -0.15) is 9.89 Å². The van der Waals surface area contributed by atoms with Crippen LogP contribution in [0.5, 0.6) is 5.75 Å². The number of rotatable bonds is 0. The minimum Gasteiger partial charge on any atom is -0.507 e. The largest absolute Gasteiger partial charge is 0.507 e. The molecule has 5 N–H and O–H groups in total. The number of nitrogens with zero attached hydrogens (tertiary/aromatic N) is 2. The lowest BCUT2D eigenvalue weighted by molar-refractivity contribution is 0.477. The van der Waals surface area contributed by atoms with Gasteiger partial charge in [0.05, 0.1) is 17.3 Å². The fourth-order valence-corrected chi connectivity index (χ4v) is 1.41. The minimum atomic E-state index is 0.181. The molecule has 0 spiro atoms. The average molecular weight is 178 g/mol. The van der Waals surface area contributed by atoms with E-state index in [0.29, 0.717) is 16.6 Å². The summed E-state index contributed by atoms with van der Waals surface area (Å²) in [4.78, 5) is 1.16. The highest BCUT2D eigenvalue weighted by Gasteiger charge is 2.10. The molecule has 2 rings (SSSR count). The maximum Gasteiger partial charge on any atom is 0.129 e. The zero-order chi connectivity index (χ0) is 9.59. The summed E-state index contributed by atoms with van der Waals surface area (Å²) in [6.45, 7) is 1.78. The predicted molar refractivity (Wildman–Crippen MR) is 50.7 cm³/mol. The summed E-state index contributed by atoms with van der Waals surface area (Å²) in [7, 11) is 0. The maximum atomic E-state index is 9.63. The summed E-state index contributed by atoms with van der Waals surface area (Å²) in [5.41, 5.74) is 7.52. The highest BCUT2D eigenvalue weighted by atomic mass is 16.3. The Labute approximate surface area is 74.5 Å². The van der Waals surface area contributed by atoms with E-state index in [2.05, 4.69) is 5.10 Å². The van der Waals surface area contributed by atoms with Gasteiger partial charge >= 0.3 is 0 Å². The first kappa shape index (κ1) is 7.72. The van der Waals surface area contributed by atoms with Gasteiger partial charge in [0.1, 0.15) is 11.3 Å². The molecule has 5 heteroatoms. The van der Waals surface area contributed by atoms with Crippen molar-refractivity contribution in [3.63, 3.8) is 0 Å². The van der Waals surface area contributed by atoms with Crippen LogP contribution in [0.15, 0.2) is 12.3 Å². The third-order valence-electron chi connectivity index (χ3n) is 2.07. The molecule has 0 aliphatic carbocycles. The zero-order valence-corrected chi connectivity index (χ0v) is 7.15. The SMILES string of the molecule is Cc1cc(N)c2c(cnn2N)c1O. The van der Waals surface area contributed by atoms with Gasteiger partial charge in [-0.1, -0.05) is 0 Å². The number of hydrogen-bond donors (Lipinski definition) is 3. The fourth-order valence-electron chi connectivity index (χ4n) is 1.41. The van der Waals surface area contributed by atoms with E-state index in [4.69, 9.17) is 11.6 Å². The second-order valence-electron chi connectivity index (χ2n) is 2.98. The van der Waals surface area contributed by atoms with E-state index < -0.39 is 0 Å². The van der Waals surface area contributed by atoms with Crippen molar-refractivity contribution >= 4 is 16.6 Å². The van der Waals surface area contributed by atoms with Crippen molar-refractivity contribution in [1.29, 1.82) is 0 Å². The number of hydrogen-bond acceptors (Lipinski definition) is 4. The molecular formula is C8H10N4O. The number of phenolic OH excluding ortho intramolecular Hbond substituents is 1. The molecule has 0 fully saturated rings. The van der Waals surface area contributed by atoms with Crippen LogP contribution in [0.25, 0.3) is 10.9 Å². The summed E-state index contributed by atoms with van der Waals surface area (Å²) in [5.74, 6) is 5.69. The third kappa shape index (κ3) is 0.900. The molecule has 0 saturated carbocycles. The van der Waals surface area contributed by atoms with Gasteiger partial charge in [0.15, 0.2) is 0 Å². The Morgan fingerprint density at radius 1 is 1.54 bits per heavy atom. The van der Waals surface area contributed by atoms with Crippen LogP contribution in [0.4, 0.5) is 5.69 Å². The molecule has 0 saturated heterocycles. The lowest BCUT2D eigenvalue weighted by Crippen LogP contribution is -2.10. The van der Waals surface area contributed by atoms with Crippen LogP contribution in [0.3, 0.4) is 0 Å². The Kier molecular flexibility index (Phi) is 1.36. The van der Waals surface area contributed by atoms with Crippen LogP contribution in [0.1, 0.15) is 5.56 Å². The lowest BCUT2D eigenvalue weighted by Gasteiger charge is -2.03. The summed E-state index contributed by atoms with van der Waals surface area (Å²) >= 11 is 0. The van der Waals surface area contributed by atoms with E-state index in [1.165, 1.54) is 6.20 Å². The quantitative estimate of drug-likeness (QED) is 0.308. The van der Waals surface area contributed by atoms with Crippen molar-refractivity contribution < 1.29 is 5.11 Å².